The van der Waals surface area contributed by atoms with Crippen molar-refractivity contribution in [2.75, 3.05) is 36.8 Å². The van der Waals surface area contributed by atoms with Gasteiger partial charge >= 0.3 is 0 Å². The van der Waals surface area contributed by atoms with Crippen molar-refractivity contribution in [2.24, 2.45) is 0 Å². The molecule has 106 valence electrons. The van der Waals surface area contributed by atoms with Crippen LogP contribution in [0, 0.1) is 0 Å². The molecule has 2 heterocycles. The Hall–Kier alpha value is -1.23. The van der Waals surface area contributed by atoms with Crippen LogP contribution in [0.15, 0.2) is 35.7 Å². The minimum absolute atomic E-state index is 0.697. The third-order valence-corrected chi connectivity index (χ3v) is 4.76. The highest BCUT2D eigenvalue weighted by Crippen LogP contribution is 2.27. The molecule has 1 aliphatic rings. The number of hydrogen-bond acceptors (Lipinski definition) is 4. The molecule has 3 rings (SSSR count). The number of anilines is 2. The second-order valence-electron chi connectivity index (χ2n) is 5.05. The van der Waals surface area contributed by atoms with Gasteiger partial charge in [0.1, 0.15) is 0 Å². The second-order valence-corrected chi connectivity index (χ2v) is 6.51. The highest BCUT2D eigenvalue weighted by Gasteiger charge is 2.19. The molecule has 1 fully saturated rings. The molecule has 20 heavy (non-hydrogen) atoms. The molecule has 2 N–H and O–H groups in total. The molecular formula is C15H18ClN3S. The number of nitrogens with two attached hydrogens (primary N) is 1. The molecule has 0 bridgehead atoms. The summed E-state index contributed by atoms with van der Waals surface area (Å²) < 4.78 is 0. The summed E-state index contributed by atoms with van der Waals surface area (Å²) >= 11 is 7.78. The number of rotatable bonds is 3. The highest BCUT2D eigenvalue weighted by molar-refractivity contribution is 7.09. The number of halogens is 1. The third kappa shape index (κ3) is 3.08. The van der Waals surface area contributed by atoms with E-state index in [4.69, 9.17) is 17.3 Å². The molecule has 3 nitrogen and oxygen atoms in total. The molecule has 0 unspecified atom stereocenters. The minimum atomic E-state index is 0.697. The summed E-state index contributed by atoms with van der Waals surface area (Å²) in [5, 5.41) is 2.84. The van der Waals surface area contributed by atoms with Crippen molar-refractivity contribution in [1.29, 1.82) is 0 Å². The van der Waals surface area contributed by atoms with Gasteiger partial charge in [-0.15, -0.1) is 11.3 Å². The van der Waals surface area contributed by atoms with Crippen LogP contribution in [-0.4, -0.2) is 31.1 Å². The standard InChI is InChI=1S/C15H18ClN3S/c16-12-3-4-15(14(17)10-12)19-7-5-18(6-8-19)11-13-2-1-9-20-13/h1-4,9-10H,5-8,11,17H2. The van der Waals surface area contributed by atoms with Gasteiger partial charge in [-0.25, -0.2) is 0 Å². The first-order valence-corrected chi connectivity index (χ1v) is 8.03. The van der Waals surface area contributed by atoms with E-state index in [2.05, 4.69) is 27.3 Å². The Labute approximate surface area is 128 Å². The molecule has 0 radical (unpaired) electrons. The van der Waals surface area contributed by atoms with Gasteiger partial charge in [0.05, 0.1) is 11.4 Å². The van der Waals surface area contributed by atoms with E-state index in [0.29, 0.717) is 5.02 Å². The van der Waals surface area contributed by atoms with Crippen LogP contribution in [0.3, 0.4) is 0 Å². The Morgan fingerprint density at radius 3 is 2.60 bits per heavy atom. The zero-order valence-electron chi connectivity index (χ0n) is 11.3. The Morgan fingerprint density at radius 2 is 1.95 bits per heavy atom. The van der Waals surface area contributed by atoms with Crippen LogP contribution in [-0.2, 0) is 6.54 Å². The Bertz CT molecular complexity index is 563. The van der Waals surface area contributed by atoms with Crippen LogP contribution in [0.2, 0.25) is 5.02 Å². The van der Waals surface area contributed by atoms with Crippen LogP contribution in [0.25, 0.3) is 0 Å². The normalized spacial score (nSPS) is 16.6. The number of benzene rings is 1. The van der Waals surface area contributed by atoms with Crippen LogP contribution in [0.5, 0.6) is 0 Å². The molecule has 5 heteroatoms. The van der Waals surface area contributed by atoms with Crippen LogP contribution in [0.4, 0.5) is 11.4 Å². The van der Waals surface area contributed by atoms with Gasteiger partial charge < -0.3 is 10.6 Å². The monoisotopic (exact) mass is 307 g/mol. The Balaban J connectivity index is 1.60. The molecule has 1 saturated heterocycles. The zero-order valence-corrected chi connectivity index (χ0v) is 12.8. The lowest BCUT2D eigenvalue weighted by Crippen LogP contribution is -2.46. The summed E-state index contributed by atoms with van der Waals surface area (Å²) in [6.45, 7) is 5.22. The van der Waals surface area contributed by atoms with Gasteiger partial charge in [0.2, 0.25) is 0 Å². The van der Waals surface area contributed by atoms with Gasteiger partial charge in [-0.05, 0) is 29.6 Å². The fourth-order valence-electron chi connectivity index (χ4n) is 2.58. The number of nitrogen functional groups attached to an aromatic ring is 1. The largest absolute Gasteiger partial charge is 0.397 e. The van der Waals surface area contributed by atoms with Gasteiger partial charge in [0, 0.05) is 42.6 Å². The molecule has 0 atom stereocenters. The van der Waals surface area contributed by atoms with Gasteiger partial charge in [-0.2, -0.15) is 0 Å². The summed E-state index contributed by atoms with van der Waals surface area (Å²) in [5.41, 5.74) is 7.93. The van der Waals surface area contributed by atoms with Crippen molar-refractivity contribution in [1.82, 2.24) is 4.90 Å². The lowest BCUT2D eigenvalue weighted by molar-refractivity contribution is 0.252. The van der Waals surface area contributed by atoms with E-state index in [1.807, 2.05) is 29.5 Å². The molecule has 0 spiro atoms. The van der Waals surface area contributed by atoms with E-state index in [9.17, 15) is 0 Å². The third-order valence-electron chi connectivity index (χ3n) is 3.66. The zero-order chi connectivity index (χ0) is 13.9. The summed E-state index contributed by atoms with van der Waals surface area (Å²) in [7, 11) is 0. The SMILES string of the molecule is Nc1cc(Cl)ccc1N1CCN(Cc2cccs2)CC1. The van der Waals surface area contributed by atoms with Gasteiger partial charge in [-0.3, -0.25) is 4.90 Å². The average Bonchev–Trinajstić information content (AvgIpc) is 2.93. The molecule has 0 amide bonds. The molecule has 0 saturated carbocycles. The van der Waals surface area contributed by atoms with Crippen molar-refractivity contribution in [3.05, 3.63) is 45.6 Å². The number of piperazine rings is 1. The first-order chi connectivity index (χ1) is 9.72. The second kappa shape index (κ2) is 6.04. The first-order valence-electron chi connectivity index (χ1n) is 6.77. The quantitative estimate of drug-likeness (QED) is 0.883. The molecule has 1 aromatic heterocycles. The average molecular weight is 308 g/mol. The fraction of sp³-hybridized carbons (Fsp3) is 0.333. The van der Waals surface area contributed by atoms with Crippen molar-refractivity contribution >= 4 is 34.3 Å². The van der Waals surface area contributed by atoms with E-state index in [1.165, 1.54) is 4.88 Å². The summed E-state index contributed by atoms with van der Waals surface area (Å²) in [5.74, 6) is 0. The topological polar surface area (TPSA) is 32.5 Å². The number of nitrogens with zero attached hydrogens (tertiary/aromatic N) is 2. The first kappa shape index (κ1) is 13.7. The van der Waals surface area contributed by atoms with Crippen LogP contribution in [0.1, 0.15) is 4.88 Å². The maximum absolute atomic E-state index is 6.06. The lowest BCUT2D eigenvalue weighted by Gasteiger charge is -2.36. The Kier molecular flexibility index (Phi) is 4.15. The Morgan fingerprint density at radius 1 is 1.15 bits per heavy atom. The maximum atomic E-state index is 6.06. The van der Waals surface area contributed by atoms with Crippen LogP contribution >= 0.6 is 22.9 Å². The van der Waals surface area contributed by atoms with Gasteiger partial charge in [0.15, 0.2) is 0 Å². The van der Waals surface area contributed by atoms with Crippen molar-refractivity contribution < 1.29 is 0 Å². The van der Waals surface area contributed by atoms with E-state index >= 15 is 0 Å². The molecular weight excluding hydrogens is 290 g/mol. The molecule has 1 aliphatic heterocycles. The van der Waals surface area contributed by atoms with Gasteiger partial charge in [0.25, 0.3) is 0 Å². The van der Waals surface area contributed by atoms with E-state index in [-0.39, 0.29) is 0 Å². The van der Waals surface area contributed by atoms with Crippen molar-refractivity contribution in [3.8, 4) is 0 Å². The van der Waals surface area contributed by atoms with Crippen molar-refractivity contribution in [3.63, 3.8) is 0 Å². The molecule has 1 aromatic carbocycles. The summed E-state index contributed by atoms with van der Waals surface area (Å²) in [6.07, 6.45) is 0. The van der Waals surface area contributed by atoms with E-state index < -0.39 is 0 Å². The predicted octanol–water partition coefficient (Wildman–Crippen LogP) is 3.31. The number of thiophene rings is 1. The smallest absolute Gasteiger partial charge is 0.0601 e. The predicted molar refractivity (Wildman–Crippen MR) is 87.7 cm³/mol. The molecule has 2 aromatic rings. The van der Waals surface area contributed by atoms with Crippen LogP contribution < -0.4 is 10.6 Å². The minimum Gasteiger partial charge on any atom is -0.397 e. The summed E-state index contributed by atoms with van der Waals surface area (Å²) in [6, 6.07) is 10.1. The van der Waals surface area contributed by atoms with Crippen molar-refractivity contribution in [2.45, 2.75) is 6.54 Å². The van der Waals surface area contributed by atoms with E-state index in [1.54, 1.807) is 0 Å². The number of hydrogen-bond donors (Lipinski definition) is 1. The maximum Gasteiger partial charge on any atom is 0.0601 e. The lowest BCUT2D eigenvalue weighted by atomic mass is 10.2. The van der Waals surface area contributed by atoms with Gasteiger partial charge in [-0.1, -0.05) is 17.7 Å². The fourth-order valence-corrected chi connectivity index (χ4v) is 3.51. The molecule has 0 aliphatic carbocycles. The summed E-state index contributed by atoms with van der Waals surface area (Å²) in [4.78, 5) is 6.27. The van der Waals surface area contributed by atoms with E-state index in [0.717, 1.165) is 44.1 Å². The highest BCUT2D eigenvalue weighted by atomic mass is 35.5.